The Morgan fingerprint density at radius 1 is 0.800 bits per heavy atom. The van der Waals surface area contributed by atoms with E-state index in [9.17, 15) is 4.57 Å². The Bertz CT molecular complexity index is 861. The van der Waals surface area contributed by atoms with Crippen LogP contribution in [0.5, 0.6) is 0 Å². The van der Waals surface area contributed by atoms with Crippen LogP contribution in [0.4, 0.5) is 0 Å². The van der Waals surface area contributed by atoms with Crippen molar-refractivity contribution in [3.63, 3.8) is 0 Å². The van der Waals surface area contributed by atoms with Crippen LogP contribution < -0.4 is 0 Å². The molecule has 4 heteroatoms. The predicted octanol–water partition coefficient (Wildman–Crippen LogP) is 6.20. The predicted molar refractivity (Wildman–Crippen MR) is 103 cm³/mol. The third-order valence-electron chi connectivity index (χ3n) is 4.17. The molecule has 25 heavy (non-hydrogen) atoms. The maximum atomic E-state index is 13.7. The first-order chi connectivity index (χ1) is 12.2. The third kappa shape index (κ3) is 3.69. The van der Waals surface area contributed by atoms with Gasteiger partial charge in [-0.15, -0.1) is 0 Å². The fourth-order valence-corrected chi connectivity index (χ4v) is 5.40. The van der Waals surface area contributed by atoms with Crippen molar-refractivity contribution >= 4 is 18.4 Å². The molecule has 0 fully saturated rings. The van der Waals surface area contributed by atoms with E-state index in [0.29, 0.717) is 13.2 Å². The van der Waals surface area contributed by atoms with Crippen molar-refractivity contribution in [3.8, 4) is 0 Å². The highest BCUT2D eigenvalue weighted by Gasteiger charge is 2.38. The van der Waals surface area contributed by atoms with Crippen molar-refractivity contribution in [3.05, 3.63) is 83.9 Å². The van der Waals surface area contributed by atoms with Gasteiger partial charge in [-0.25, -0.2) is 0 Å². The summed E-state index contributed by atoms with van der Waals surface area (Å²) in [7, 11) is -3.38. The SMILES string of the molecule is CCOP(=O)(OCC)C(c1ccccc1)c1cccc2ccccc12. The highest BCUT2D eigenvalue weighted by molar-refractivity contribution is 7.54. The highest BCUT2D eigenvalue weighted by Crippen LogP contribution is 2.64. The molecule has 3 nitrogen and oxygen atoms in total. The van der Waals surface area contributed by atoms with Gasteiger partial charge in [-0.2, -0.15) is 0 Å². The molecule has 130 valence electrons. The van der Waals surface area contributed by atoms with E-state index >= 15 is 0 Å². The van der Waals surface area contributed by atoms with Crippen LogP contribution in [0.25, 0.3) is 10.8 Å². The van der Waals surface area contributed by atoms with Crippen molar-refractivity contribution in [2.75, 3.05) is 13.2 Å². The van der Waals surface area contributed by atoms with Gasteiger partial charge in [0.25, 0.3) is 0 Å². The zero-order chi connectivity index (χ0) is 17.7. The summed E-state index contributed by atoms with van der Waals surface area (Å²) in [6.07, 6.45) is 0. The second-order valence-electron chi connectivity index (χ2n) is 5.76. The molecule has 1 atom stereocenters. The van der Waals surface area contributed by atoms with Gasteiger partial charge in [0.15, 0.2) is 0 Å². The van der Waals surface area contributed by atoms with Crippen LogP contribution in [0.3, 0.4) is 0 Å². The molecule has 0 radical (unpaired) electrons. The smallest absolute Gasteiger partial charge is 0.308 e. The minimum Gasteiger partial charge on any atom is -0.308 e. The number of hydrogen-bond donors (Lipinski definition) is 0. The molecule has 0 N–H and O–H groups in total. The largest absolute Gasteiger partial charge is 0.342 e. The molecule has 0 aromatic heterocycles. The Morgan fingerprint density at radius 2 is 1.40 bits per heavy atom. The van der Waals surface area contributed by atoms with E-state index in [1.807, 2.05) is 68.4 Å². The molecule has 3 aromatic rings. The van der Waals surface area contributed by atoms with E-state index in [1.54, 1.807) is 0 Å². The molecule has 0 aliphatic heterocycles. The zero-order valence-electron chi connectivity index (χ0n) is 14.6. The van der Waals surface area contributed by atoms with Crippen LogP contribution in [0.1, 0.15) is 30.6 Å². The van der Waals surface area contributed by atoms with Gasteiger partial charge >= 0.3 is 7.60 Å². The Kier molecular flexibility index (Phi) is 5.70. The van der Waals surface area contributed by atoms with Crippen molar-refractivity contribution in [1.29, 1.82) is 0 Å². The molecule has 0 saturated carbocycles. The zero-order valence-corrected chi connectivity index (χ0v) is 15.5. The summed E-state index contributed by atoms with van der Waals surface area (Å²) in [6.45, 7) is 4.37. The van der Waals surface area contributed by atoms with E-state index in [0.717, 1.165) is 21.9 Å². The standard InChI is InChI=1S/C21H23O3P/c1-3-23-25(22,24-4-2)21(18-12-6-5-7-13-18)20-16-10-14-17-11-8-9-15-19(17)20/h5-16,21H,3-4H2,1-2H3. The lowest BCUT2D eigenvalue weighted by Crippen LogP contribution is -2.09. The van der Waals surface area contributed by atoms with Crippen LogP contribution in [0, 0.1) is 0 Å². The molecule has 0 heterocycles. The topological polar surface area (TPSA) is 35.5 Å². The van der Waals surface area contributed by atoms with E-state index in [2.05, 4.69) is 18.2 Å². The van der Waals surface area contributed by atoms with Crippen LogP contribution >= 0.6 is 7.60 Å². The summed E-state index contributed by atoms with van der Waals surface area (Å²) in [4.78, 5) is 0. The molecule has 0 amide bonds. The summed E-state index contributed by atoms with van der Waals surface area (Å²) >= 11 is 0. The summed E-state index contributed by atoms with van der Waals surface area (Å²) in [5, 5.41) is 2.18. The van der Waals surface area contributed by atoms with E-state index < -0.39 is 13.3 Å². The minimum absolute atomic E-state index is 0.339. The van der Waals surface area contributed by atoms with E-state index in [1.165, 1.54) is 0 Å². The monoisotopic (exact) mass is 354 g/mol. The maximum absolute atomic E-state index is 13.7. The number of benzene rings is 3. The van der Waals surface area contributed by atoms with Crippen molar-refractivity contribution < 1.29 is 13.6 Å². The van der Waals surface area contributed by atoms with Gasteiger partial charge in [0.1, 0.15) is 5.66 Å². The molecule has 0 aliphatic carbocycles. The number of fused-ring (bicyclic) bond motifs is 1. The van der Waals surface area contributed by atoms with Crippen LogP contribution in [0.2, 0.25) is 0 Å². The first kappa shape index (κ1) is 17.9. The Labute approximate surface area is 149 Å². The molecule has 0 spiro atoms. The van der Waals surface area contributed by atoms with Crippen LogP contribution in [-0.2, 0) is 13.6 Å². The van der Waals surface area contributed by atoms with Crippen molar-refractivity contribution in [1.82, 2.24) is 0 Å². The molecule has 0 bridgehead atoms. The lowest BCUT2D eigenvalue weighted by molar-refractivity contribution is 0.215. The van der Waals surface area contributed by atoms with Gasteiger partial charge < -0.3 is 9.05 Å². The van der Waals surface area contributed by atoms with Crippen LogP contribution in [-0.4, -0.2) is 13.2 Å². The molecular formula is C21H23O3P. The average molecular weight is 354 g/mol. The van der Waals surface area contributed by atoms with Gasteiger partial charge in [-0.3, -0.25) is 4.57 Å². The fourth-order valence-electron chi connectivity index (χ4n) is 3.20. The first-order valence-electron chi connectivity index (χ1n) is 8.61. The van der Waals surface area contributed by atoms with Gasteiger partial charge in [-0.05, 0) is 35.7 Å². The summed E-state index contributed by atoms with van der Waals surface area (Å²) < 4.78 is 25.2. The summed E-state index contributed by atoms with van der Waals surface area (Å²) in [5.41, 5.74) is 1.44. The summed E-state index contributed by atoms with van der Waals surface area (Å²) in [6, 6.07) is 24.0. The average Bonchev–Trinajstić information content (AvgIpc) is 2.63. The van der Waals surface area contributed by atoms with Crippen molar-refractivity contribution in [2.24, 2.45) is 0 Å². The molecule has 0 aliphatic rings. The molecule has 3 aromatic carbocycles. The highest BCUT2D eigenvalue weighted by atomic mass is 31.2. The van der Waals surface area contributed by atoms with E-state index in [4.69, 9.17) is 9.05 Å². The second-order valence-corrected chi connectivity index (χ2v) is 7.87. The normalized spacial score (nSPS) is 13.0. The molecule has 0 saturated heterocycles. The van der Waals surface area contributed by atoms with Gasteiger partial charge in [0.05, 0.1) is 13.2 Å². The molecular weight excluding hydrogens is 331 g/mol. The fraction of sp³-hybridized carbons (Fsp3) is 0.238. The Hall–Kier alpha value is -1.93. The quantitative estimate of drug-likeness (QED) is 0.474. The van der Waals surface area contributed by atoms with Gasteiger partial charge in [-0.1, -0.05) is 72.8 Å². The minimum atomic E-state index is -3.38. The van der Waals surface area contributed by atoms with Gasteiger partial charge in [0, 0.05) is 0 Å². The maximum Gasteiger partial charge on any atom is 0.342 e. The third-order valence-corrected chi connectivity index (χ3v) is 6.61. The molecule has 1 unspecified atom stereocenters. The van der Waals surface area contributed by atoms with Crippen LogP contribution in [0.15, 0.2) is 72.8 Å². The first-order valence-corrected chi connectivity index (χ1v) is 10.2. The van der Waals surface area contributed by atoms with Gasteiger partial charge in [0.2, 0.25) is 0 Å². The second kappa shape index (κ2) is 7.97. The van der Waals surface area contributed by atoms with Crippen molar-refractivity contribution in [2.45, 2.75) is 19.5 Å². The number of rotatable bonds is 7. The summed E-state index contributed by atoms with van der Waals surface area (Å²) in [5.74, 6) is 0. The Morgan fingerprint density at radius 3 is 2.08 bits per heavy atom. The molecule has 3 rings (SSSR count). The lowest BCUT2D eigenvalue weighted by Gasteiger charge is -2.28. The number of hydrogen-bond acceptors (Lipinski definition) is 3. The lowest BCUT2D eigenvalue weighted by atomic mass is 9.98. The Balaban J connectivity index is 2.25. The van der Waals surface area contributed by atoms with E-state index in [-0.39, 0.29) is 0 Å².